The number of nitro groups is 1. The van der Waals surface area contributed by atoms with Crippen LogP contribution < -0.4 is 5.43 Å². The molecule has 126 valence electrons. The van der Waals surface area contributed by atoms with Crippen molar-refractivity contribution in [3.05, 3.63) is 74.4 Å². The molecule has 25 heavy (non-hydrogen) atoms. The van der Waals surface area contributed by atoms with Crippen LogP contribution in [0.15, 0.2) is 52.9 Å². The van der Waals surface area contributed by atoms with Crippen molar-refractivity contribution >= 4 is 40.0 Å². The van der Waals surface area contributed by atoms with Crippen molar-refractivity contribution in [2.45, 2.75) is 0 Å². The molecule has 0 aliphatic carbocycles. The van der Waals surface area contributed by atoms with Crippen LogP contribution in [0.3, 0.4) is 0 Å². The molecule has 0 amide bonds. The average Bonchev–Trinajstić information content (AvgIpc) is 3.06. The lowest BCUT2D eigenvalue weighted by atomic mass is 10.1. The molecule has 0 saturated carbocycles. The van der Waals surface area contributed by atoms with Gasteiger partial charge in [-0.15, -0.1) is 11.3 Å². The largest absolute Gasteiger partial charge is 0.270 e. The number of non-ortho nitro benzene ring substituents is 1. The minimum Gasteiger partial charge on any atom is -0.258 e. The average molecular weight is 377 g/mol. The smallest absolute Gasteiger partial charge is 0.258 e. The number of halogens is 2. The Morgan fingerprint density at radius 1 is 1.32 bits per heavy atom. The predicted molar refractivity (Wildman–Crippen MR) is 96.8 cm³/mol. The summed E-state index contributed by atoms with van der Waals surface area (Å²) in [6.07, 6.45) is 1.27. The second-order valence-corrected chi connectivity index (χ2v) is 6.12. The molecule has 0 aliphatic heterocycles. The number of hydrogen-bond acceptors (Lipinski definition) is 6. The number of nitrogens with zero attached hydrogens (tertiary/aromatic N) is 3. The van der Waals surface area contributed by atoms with Gasteiger partial charge in [-0.1, -0.05) is 29.8 Å². The van der Waals surface area contributed by atoms with Gasteiger partial charge in [0.2, 0.25) is 5.13 Å². The topological polar surface area (TPSA) is 80.4 Å². The number of aromatic nitrogens is 1. The molecule has 0 fully saturated rings. The first-order valence-electron chi connectivity index (χ1n) is 6.98. The highest BCUT2D eigenvalue weighted by Crippen LogP contribution is 2.27. The lowest BCUT2D eigenvalue weighted by Crippen LogP contribution is -1.94. The number of nitrogens with one attached hydrogen (secondary N) is 1. The van der Waals surface area contributed by atoms with Gasteiger partial charge in [0.25, 0.3) is 5.69 Å². The van der Waals surface area contributed by atoms with Crippen molar-refractivity contribution in [1.82, 2.24) is 4.98 Å². The number of hydrazone groups is 1. The van der Waals surface area contributed by atoms with E-state index in [0.717, 1.165) is 0 Å². The summed E-state index contributed by atoms with van der Waals surface area (Å²) in [6.45, 7) is 0. The molecule has 1 heterocycles. The van der Waals surface area contributed by atoms with Crippen LogP contribution in [0.4, 0.5) is 15.2 Å². The van der Waals surface area contributed by atoms with Crippen LogP contribution >= 0.6 is 22.9 Å². The van der Waals surface area contributed by atoms with Gasteiger partial charge in [-0.3, -0.25) is 15.5 Å². The Morgan fingerprint density at radius 2 is 2.12 bits per heavy atom. The van der Waals surface area contributed by atoms with Gasteiger partial charge in [-0.2, -0.15) is 5.10 Å². The fourth-order valence-corrected chi connectivity index (χ4v) is 2.90. The quantitative estimate of drug-likeness (QED) is 0.388. The predicted octanol–water partition coefficient (Wildman–Crippen LogP) is 4.96. The first-order valence-corrected chi connectivity index (χ1v) is 8.24. The molecule has 0 radical (unpaired) electrons. The monoisotopic (exact) mass is 376 g/mol. The standard InChI is InChI=1S/C16H10ClFN4O2S/c17-13-5-2-6-14(18)12(13)8-19-21-16-20-15(9-25-16)10-3-1-4-11(7-10)22(23)24/h1-9H,(H,20,21)/b19-8-. The van der Waals surface area contributed by atoms with Crippen LogP contribution in [0.5, 0.6) is 0 Å². The highest BCUT2D eigenvalue weighted by atomic mass is 35.5. The molecule has 0 bridgehead atoms. The van der Waals surface area contributed by atoms with E-state index in [4.69, 9.17) is 11.6 Å². The van der Waals surface area contributed by atoms with E-state index in [2.05, 4.69) is 15.5 Å². The van der Waals surface area contributed by atoms with Gasteiger partial charge in [0.15, 0.2) is 0 Å². The van der Waals surface area contributed by atoms with Gasteiger partial charge < -0.3 is 0 Å². The third-order valence-corrected chi connectivity index (χ3v) is 4.29. The van der Waals surface area contributed by atoms with E-state index in [1.54, 1.807) is 23.6 Å². The second kappa shape index (κ2) is 7.37. The normalized spacial score (nSPS) is 11.0. The van der Waals surface area contributed by atoms with Crippen LogP contribution in [0.25, 0.3) is 11.3 Å². The number of hydrogen-bond donors (Lipinski definition) is 1. The van der Waals surface area contributed by atoms with E-state index < -0.39 is 10.7 Å². The highest BCUT2D eigenvalue weighted by molar-refractivity contribution is 7.14. The Morgan fingerprint density at radius 3 is 2.88 bits per heavy atom. The lowest BCUT2D eigenvalue weighted by Gasteiger charge is -1.99. The number of rotatable bonds is 5. The van der Waals surface area contributed by atoms with Gasteiger partial charge in [0.1, 0.15) is 5.82 Å². The van der Waals surface area contributed by atoms with Crippen molar-refractivity contribution in [1.29, 1.82) is 0 Å². The number of nitro benzene ring substituents is 1. The van der Waals surface area contributed by atoms with Crippen LogP contribution in [-0.4, -0.2) is 16.1 Å². The molecule has 1 N–H and O–H groups in total. The van der Waals surface area contributed by atoms with E-state index in [0.29, 0.717) is 16.4 Å². The third-order valence-electron chi connectivity index (χ3n) is 3.21. The van der Waals surface area contributed by atoms with Crippen molar-refractivity contribution in [2.24, 2.45) is 5.10 Å². The Kier molecular flexibility index (Phi) is 5.01. The van der Waals surface area contributed by atoms with E-state index >= 15 is 0 Å². The summed E-state index contributed by atoms with van der Waals surface area (Å²) < 4.78 is 13.6. The fourth-order valence-electron chi connectivity index (χ4n) is 2.02. The molecule has 0 atom stereocenters. The number of benzene rings is 2. The molecule has 2 aromatic carbocycles. The van der Waals surface area contributed by atoms with Crippen molar-refractivity contribution < 1.29 is 9.31 Å². The van der Waals surface area contributed by atoms with Crippen molar-refractivity contribution in [2.75, 3.05) is 5.43 Å². The van der Waals surface area contributed by atoms with Crippen LogP contribution in [0.2, 0.25) is 5.02 Å². The Balaban J connectivity index is 1.75. The molecule has 6 nitrogen and oxygen atoms in total. The Bertz CT molecular complexity index is 941. The molecule has 3 rings (SSSR count). The van der Waals surface area contributed by atoms with Gasteiger partial charge in [0, 0.05) is 28.6 Å². The number of anilines is 1. The van der Waals surface area contributed by atoms with E-state index in [9.17, 15) is 14.5 Å². The van der Waals surface area contributed by atoms with Crippen LogP contribution in [0.1, 0.15) is 5.56 Å². The Labute approximate surface area is 150 Å². The van der Waals surface area contributed by atoms with Crippen LogP contribution in [-0.2, 0) is 0 Å². The number of thiazole rings is 1. The minimum atomic E-state index is -0.477. The Hall–Kier alpha value is -2.84. The van der Waals surface area contributed by atoms with Gasteiger partial charge in [-0.25, -0.2) is 9.37 Å². The summed E-state index contributed by atoms with van der Waals surface area (Å²) in [4.78, 5) is 14.7. The van der Waals surface area contributed by atoms with Gasteiger partial charge in [0.05, 0.1) is 21.9 Å². The first-order chi connectivity index (χ1) is 12.0. The zero-order valence-corrected chi connectivity index (χ0v) is 14.1. The van der Waals surface area contributed by atoms with E-state index in [1.165, 1.54) is 41.8 Å². The van der Waals surface area contributed by atoms with Crippen molar-refractivity contribution in [3.63, 3.8) is 0 Å². The summed E-state index contributed by atoms with van der Waals surface area (Å²) in [5.74, 6) is -0.477. The molecule has 0 aliphatic rings. The molecule has 3 aromatic rings. The molecule has 0 spiro atoms. The van der Waals surface area contributed by atoms with Crippen molar-refractivity contribution in [3.8, 4) is 11.3 Å². The molecule has 0 unspecified atom stereocenters. The zero-order chi connectivity index (χ0) is 17.8. The molecular weight excluding hydrogens is 367 g/mol. The SMILES string of the molecule is O=[N+]([O-])c1cccc(-c2csc(N/N=C\c3c(F)cccc3Cl)n2)c1. The minimum absolute atomic E-state index is 0.00720. The van der Waals surface area contributed by atoms with E-state index in [1.807, 2.05) is 0 Å². The van der Waals surface area contributed by atoms with Crippen LogP contribution in [0, 0.1) is 15.9 Å². The maximum atomic E-state index is 13.6. The maximum Gasteiger partial charge on any atom is 0.270 e. The maximum absolute atomic E-state index is 13.6. The molecule has 9 heteroatoms. The zero-order valence-electron chi connectivity index (χ0n) is 12.5. The summed E-state index contributed by atoms with van der Waals surface area (Å²) in [5.41, 5.74) is 4.06. The van der Waals surface area contributed by atoms with Gasteiger partial charge in [-0.05, 0) is 12.1 Å². The summed E-state index contributed by atoms with van der Waals surface area (Å²) >= 11 is 7.18. The summed E-state index contributed by atoms with van der Waals surface area (Å²) in [6, 6.07) is 10.5. The molecule has 0 saturated heterocycles. The first kappa shape index (κ1) is 17.0. The summed E-state index contributed by atoms with van der Waals surface area (Å²) in [7, 11) is 0. The van der Waals surface area contributed by atoms with Gasteiger partial charge >= 0.3 is 0 Å². The van der Waals surface area contributed by atoms with E-state index in [-0.39, 0.29) is 16.3 Å². The lowest BCUT2D eigenvalue weighted by molar-refractivity contribution is -0.384. The molecule has 1 aromatic heterocycles. The third kappa shape index (κ3) is 3.98. The molecular formula is C16H10ClFN4O2S. The fraction of sp³-hybridized carbons (Fsp3) is 0. The summed E-state index contributed by atoms with van der Waals surface area (Å²) in [5, 5.41) is 17.2. The highest BCUT2D eigenvalue weighted by Gasteiger charge is 2.10. The second-order valence-electron chi connectivity index (χ2n) is 4.85.